The number of aromatic nitrogens is 2. The fourth-order valence-electron chi connectivity index (χ4n) is 5.35. The minimum absolute atomic E-state index is 0.0237. The Kier molecular flexibility index (Phi) is 8.97. The van der Waals surface area contributed by atoms with Crippen molar-refractivity contribution >= 4 is 28.8 Å². The molecule has 5 rings (SSSR count). The lowest BCUT2D eigenvalue weighted by Gasteiger charge is -2.43. The topological polar surface area (TPSA) is 99.7 Å². The van der Waals surface area contributed by atoms with Gasteiger partial charge in [-0.25, -0.2) is 4.98 Å². The third kappa shape index (κ3) is 6.36. The molecule has 2 aliphatic rings. The molecule has 0 radical (unpaired) electrons. The van der Waals surface area contributed by atoms with E-state index in [4.69, 9.17) is 9.72 Å². The predicted molar refractivity (Wildman–Crippen MR) is 154 cm³/mol. The van der Waals surface area contributed by atoms with E-state index in [2.05, 4.69) is 20.5 Å². The lowest BCUT2D eigenvalue weighted by atomic mass is 10.0. The number of carbonyl (C=O) groups is 2. The number of piperazine rings is 1. The Morgan fingerprint density at radius 2 is 2.05 bits per heavy atom. The average molecular weight is 603 g/mol. The molecule has 2 amide bonds. The van der Waals surface area contributed by atoms with Crippen LogP contribution in [-0.2, 0) is 6.18 Å². The van der Waals surface area contributed by atoms with Crippen LogP contribution in [0.25, 0.3) is 11.3 Å². The van der Waals surface area contributed by atoms with Gasteiger partial charge >= 0.3 is 6.18 Å². The number of nitrogens with one attached hydrogen (secondary N) is 2. The second-order valence-electron chi connectivity index (χ2n) is 10.2. The van der Waals surface area contributed by atoms with Crippen molar-refractivity contribution in [1.29, 1.82) is 0 Å². The van der Waals surface area contributed by atoms with E-state index in [9.17, 15) is 22.8 Å². The van der Waals surface area contributed by atoms with E-state index >= 15 is 0 Å². The number of hydrogen-bond acceptors (Lipinski definition) is 8. The fourth-order valence-corrected chi connectivity index (χ4v) is 6.19. The van der Waals surface area contributed by atoms with E-state index in [0.717, 1.165) is 19.0 Å². The van der Waals surface area contributed by atoms with Gasteiger partial charge in [-0.15, -0.1) is 11.3 Å². The Bertz CT molecular complexity index is 1410. The first-order chi connectivity index (χ1) is 20.2. The van der Waals surface area contributed by atoms with Gasteiger partial charge in [-0.05, 0) is 50.6 Å². The van der Waals surface area contributed by atoms with Crippen molar-refractivity contribution < 1.29 is 27.5 Å². The lowest BCUT2D eigenvalue weighted by molar-refractivity contribution is -0.134. The van der Waals surface area contributed by atoms with Crippen LogP contribution in [0.5, 0.6) is 5.75 Å². The largest absolute Gasteiger partial charge is 0.492 e. The highest BCUT2D eigenvalue weighted by Crippen LogP contribution is 2.37. The molecule has 5 heterocycles. The van der Waals surface area contributed by atoms with Gasteiger partial charge in [0.25, 0.3) is 11.8 Å². The van der Waals surface area contributed by atoms with Gasteiger partial charge in [-0.2, -0.15) is 13.2 Å². The molecule has 2 fully saturated rings. The summed E-state index contributed by atoms with van der Waals surface area (Å²) < 4.78 is 45.4. The molecular formula is C29H33F3N6O3S. The molecule has 2 aliphatic heterocycles. The van der Waals surface area contributed by atoms with Gasteiger partial charge in [0.1, 0.15) is 16.3 Å². The summed E-state index contributed by atoms with van der Waals surface area (Å²) in [7, 11) is 0. The highest BCUT2D eigenvalue weighted by molar-refractivity contribution is 7.14. The maximum absolute atomic E-state index is 13.7. The van der Waals surface area contributed by atoms with Crippen LogP contribution in [0.15, 0.2) is 42.7 Å². The van der Waals surface area contributed by atoms with Crippen molar-refractivity contribution in [3.8, 4) is 17.0 Å². The summed E-state index contributed by atoms with van der Waals surface area (Å²) in [5.41, 5.74) is 2.05. The highest BCUT2D eigenvalue weighted by atomic mass is 32.1. The van der Waals surface area contributed by atoms with Crippen molar-refractivity contribution in [3.05, 3.63) is 58.2 Å². The zero-order valence-electron chi connectivity index (χ0n) is 23.4. The number of alkyl halides is 3. The lowest BCUT2D eigenvalue weighted by Crippen LogP contribution is -2.55. The molecule has 2 N–H and O–H groups in total. The smallest absolute Gasteiger partial charge is 0.425 e. The van der Waals surface area contributed by atoms with Crippen molar-refractivity contribution in [2.45, 2.75) is 44.9 Å². The molecule has 0 bridgehead atoms. The van der Waals surface area contributed by atoms with Crippen molar-refractivity contribution in [1.82, 2.24) is 25.5 Å². The van der Waals surface area contributed by atoms with Crippen molar-refractivity contribution in [2.24, 2.45) is 0 Å². The molecule has 0 aromatic carbocycles. The van der Waals surface area contributed by atoms with Crippen LogP contribution in [0.2, 0.25) is 0 Å². The van der Waals surface area contributed by atoms with E-state index in [0.29, 0.717) is 60.1 Å². The molecule has 0 unspecified atom stereocenters. The van der Waals surface area contributed by atoms with Crippen LogP contribution in [-0.4, -0.2) is 78.1 Å². The molecule has 0 saturated carbocycles. The summed E-state index contributed by atoms with van der Waals surface area (Å²) in [4.78, 5) is 38.9. The Morgan fingerprint density at radius 1 is 1.21 bits per heavy atom. The SMILES string of the molecule is CCOc1cc(N2CCN(C(=O)c3ccc(C(F)(F)F)s3)C[C@H]2CC)c(C(=O)N[C@@H]2CCNC2)nc1-c1cccnc1. The molecule has 3 aromatic heterocycles. The summed E-state index contributed by atoms with van der Waals surface area (Å²) in [6.45, 7) is 6.65. The van der Waals surface area contributed by atoms with Gasteiger partial charge in [0.2, 0.25) is 0 Å². The molecule has 224 valence electrons. The van der Waals surface area contributed by atoms with Gasteiger partial charge in [-0.3, -0.25) is 14.6 Å². The first kappa shape index (κ1) is 29.8. The van der Waals surface area contributed by atoms with E-state index in [-0.39, 0.29) is 41.7 Å². The first-order valence-corrected chi connectivity index (χ1v) is 14.8. The quantitative estimate of drug-likeness (QED) is 0.393. The summed E-state index contributed by atoms with van der Waals surface area (Å²) >= 11 is 0.456. The summed E-state index contributed by atoms with van der Waals surface area (Å²) in [6.07, 6.45) is 0.272. The maximum Gasteiger partial charge on any atom is 0.425 e. The van der Waals surface area contributed by atoms with Gasteiger partial charge in [0, 0.05) is 62.3 Å². The molecule has 13 heteroatoms. The van der Waals surface area contributed by atoms with Gasteiger partial charge < -0.3 is 25.2 Å². The number of halogens is 3. The maximum atomic E-state index is 13.7. The third-order valence-corrected chi connectivity index (χ3v) is 8.58. The monoisotopic (exact) mass is 602 g/mol. The normalized spacial score (nSPS) is 19.2. The zero-order valence-corrected chi connectivity index (χ0v) is 24.2. The number of rotatable bonds is 8. The summed E-state index contributed by atoms with van der Waals surface area (Å²) in [6, 6.07) is 7.43. The summed E-state index contributed by atoms with van der Waals surface area (Å²) in [5.74, 6) is -0.231. The Morgan fingerprint density at radius 3 is 2.69 bits per heavy atom. The number of pyridine rings is 2. The molecule has 0 spiro atoms. The predicted octanol–water partition coefficient (Wildman–Crippen LogP) is 4.46. The molecule has 42 heavy (non-hydrogen) atoms. The number of nitrogens with zero attached hydrogens (tertiary/aromatic N) is 4. The second-order valence-corrected chi connectivity index (χ2v) is 11.3. The van der Waals surface area contributed by atoms with Gasteiger partial charge in [-0.1, -0.05) is 6.92 Å². The molecule has 0 aliphatic carbocycles. The van der Waals surface area contributed by atoms with E-state index in [1.807, 2.05) is 26.0 Å². The zero-order chi connectivity index (χ0) is 29.9. The van der Waals surface area contributed by atoms with Crippen LogP contribution in [0.3, 0.4) is 0 Å². The van der Waals surface area contributed by atoms with Crippen LogP contribution in [0, 0.1) is 0 Å². The Hall–Kier alpha value is -3.71. The van der Waals surface area contributed by atoms with Gasteiger partial charge in [0.05, 0.1) is 17.2 Å². The number of ether oxygens (including phenoxy) is 1. The number of anilines is 1. The van der Waals surface area contributed by atoms with Gasteiger partial charge in [0.15, 0.2) is 5.69 Å². The van der Waals surface area contributed by atoms with Crippen molar-refractivity contribution in [3.63, 3.8) is 0 Å². The molecule has 2 saturated heterocycles. The van der Waals surface area contributed by atoms with Crippen LogP contribution < -0.4 is 20.3 Å². The standard InChI is InChI=1S/C29H33F3N6O3S/c1-3-20-17-37(28(40)23-7-8-24(42-23)29(30,31)32)12-13-38(20)21-14-22(41-4-2)25(18-6-5-10-33-15-18)36-26(21)27(39)35-19-9-11-34-16-19/h5-8,10,14-15,19-20,34H,3-4,9,11-13,16-17H2,1-2H3,(H,35,39)/t19-,20-/m1/s1. The second kappa shape index (κ2) is 12.7. The molecule has 3 aromatic rings. The first-order valence-electron chi connectivity index (χ1n) is 14.0. The van der Waals surface area contributed by atoms with Crippen LogP contribution in [0.1, 0.15) is 51.7 Å². The minimum Gasteiger partial charge on any atom is -0.492 e. The van der Waals surface area contributed by atoms with E-state index in [1.165, 1.54) is 6.07 Å². The van der Waals surface area contributed by atoms with E-state index < -0.39 is 17.0 Å². The van der Waals surface area contributed by atoms with E-state index in [1.54, 1.807) is 23.4 Å². The summed E-state index contributed by atoms with van der Waals surface area (Å²) in [5, 5.41) is 6.35. The fraction of sp³-hybridized carbons (Fsp3) is 0.448. The number of hydrogen-bond donors (Lipinski definition) is 2. The minimum atomic E-state index is -4.49. The Labute approximate surface area is 246 Å². The molecule has 2 atom stereocenters. The van der Waals surface area contributed by atoms with Crippen molar-refractivity contribution in [2.75, 3.05) is 44.2 Å². The number of thiophene rings is 1. The Balaban J connectivity index is 1.48. The number of amides is 2. The molecule has 9 nitrogen and oxygen atoms in total. The highest BCUT2D eigenvalue weighted by Gasteiger charge is 2.36. The number of carbonyl (C=O) groups excluding carboxylic acids is 2. The van der Waals surface area contributed by atoms with Crippen LogP contribution in [0.4, 0.5) is 18.9 Å². The average Bonchev–Trinajstić information content (AvgIpc) is 3.70. The molecular weight excluding hydrogens is 569 g/mol. The third-order valence-electron chi connectivity index (χ3n) is 7.46. The van der Waals surface area contributed by atoms with Crippen LogP contribution >= 0.6 is 11.3 Å².